The molecule has 0 saturated heterocycles. The van der Waals surface area contributed by atoms with Crippen molar-refractivity contribution in [2.24, 2.45) is 0 Å². The molecule has 2 amide bonds. The number of carbonyl (C=O) groups excluding carboxylic acids is 2. The monoisotopic (exact) mass is 439 g/mol. The molecular weight excluding hydrogens is 416 g/mol. The lowest BCUT2D eigenvalue weighted by atomic mass is 9.75. The van der Waals surface area contributed by atoms with Gasteiger partial charge in [0.15, 0.2) is 0 Å². The summed E-state index contributed by atoms with van der Waals surface area (Å²) < 4.78 is 51.5. The number of hydrogen-bond donors (Lipinski definition) is 2. The Balaban J connectivity index is 2.51. The Morgan fingerprint density at radius 1 is 1.00 bits per heavy atom. The molecule has 0 atom stereocenters. The molecule has 157 valence electrons. The molecule has 29 heavy (non-hydrogen) atoms. The Bertz CT molecular complexity index is 1040. The van der Waals surface area contributed by atoms with Crippen LogP contribution >= 0.6 is 0 Å². The fraction of sp³-hybridized carbons (Fsp3) is 0.316. The summed E-state index contributed by atoms with van der Waals surface area (Å²) in [5.41, 5.74) is -1.49. The van der Waals surface area contributed by atoms with Gasteiger partial charge in [-0.25, -0.2) is 21.6 Å². The van der Waals surface area contributed by atoms with Gasteiger partial charge in [0.1, 0.15) is 5.41 Å². The minimum atomic E-state index is -3.86. The van der Waals surface area contributed by atoms with Crippen LogP contribution in [0.3, 0.4) is 0 Å². The van der Waals surface area contributed by atoms with E-state index in [4.69, 9.17) is 0 Å². The first kappa shape index (κ1) is 22.8. The molecule has 0 unspecified atom stereocenters. The van der Waals surface area contributed by atoms with Crippen molar-refractivity contribution < 1.29 is 26.4 Å². The van der Waals surface area contributed by atoms with Crippen molar-refractivity contribution in [3.8, 4) is 0 Å². The zero-order chi connectivity index (χ0) is 21.7. The number of rotatable bonds is 8. The summed E-state index contributed by atoms with van der Waals surface area (Å²) in [6, 6.07) is 5.97. The zero-order valence-corrected chi connectivity index (χ0v) is 17.7. The van der Waals surface area contributed by atoms with Crippen LogP contribution in [0.25, 0.3) is 0 Å². The second-order valence-corrected chi connectivity index (χ2v) is 10.2. The van der Waals surface area contributed by atoms with E-state index in [-0.39, 0.29) is 16.9 Å². The molecule has 1 aliphatic rings. The summed E-state index contributed by atoms with van der Waals surface area (Å²) in [6.45, 7) is 1.83. The predicted octanol–water partition coefficient (Wildman–Crippen LogP) is 1.19. The molecule has 1 aromatic carbocycles. The number of sulfonamides is 2. The Morgan fingerprint density at radius 3 is 2.21 bits per heavy atom. The van der Waals surface area contributed by atoms with E-state index in [1.807, 2.05) is 16.4 Å². The van der Waals surface area contributed by atoms with Crippen molar-refractivity contribution in [2.45, 2.75) is 25.2 Å². The van der Waals surface area contributed by atoms with Gasteiger partial charge in [0.2, 0.25) is 20.0 Å². The average Bonchev–Trinajstić information content (AvgIpc) is 2.65. The Morgan fingerprint density at radius 2 is 1.62 bits per heavy atom. The summed E-state index contributed by atoms with van der Waals surface area (Å²) in [5, 5.41) is 0. The molecule has 1 radical (unpaired) electrons. The topological polar surface area (TPSA) is 126 Å². The van der Waals surface area contributed by atoms with Crippen LogP contribution in [0.1, 0.15) is 35.7 Å². The van der Waals surface area contributed by atoms with E-state index in [9.17, 15) is 26.4 Å². The Labute approximate surface area is 171 Å². The van der Waals surface area contributed by atoms with Crippen molar-refractivity contribution in [3.05, 3.63) is 66.1 Å². The summed E-state index contributed by atoms with van der Waals surface area (Å²) in [6.07, 6.45) is 9.53. The fourth-order valence-corrected chi connectivity index (χ4v) is 4.53. The molecule has 10 heteroatoms. The Kier molecular flexibility index (Phi) is 7.02. The third kappa shape index (κ3) is 5.77. The van der Waals surface area contributed by atoms with Crippen molar-refractivity contribution in [1.29, 1.82) is 0 Å². The molecule has 1 aliphatic carbocycles. The number of benzene rings is 1. The highest BCUT2D eigenvalue weighted by molar-refractivity contribution is 7.90. The fourth-order valence-electron chi connectivity index (χ4n) is 2.86. The molecule has 0 aliphatic heterocycles. The summed E-state index contributed by atoms with van der Waals surface area (Å²) in [7, 11) is -7.71. The summed E-state index contributed by atoms with van der Waals surface area (Å²) in [4.78, 5) is 25.6. The molecule has 0 spiro atoms. The van der Waals surface area contributed by atoms with Crippen molar-refractivity contribution >= 4 is 31.9 Å². The normalized spacial score (nSPS) is 15.7. The highest BCUT2D eigenvalue weighted by Gasteiger charge is 2.40. The highest BCUT2D eigenvalue weighted by atomic mass is 32.2. The SMILES string of the molecule is CCCCS(=O)(=O)NC(=O)c1ccccc1C1(C(=O)NS(C)(=O)=O)C=C[CH]C=C1. The maximum Gasteiger partial charge on any atom is 0.265 e. The predicted molar refractivity (Wildman–Crippen MR) is 110 cm³/mol. The van der Waals surface area contributed by atoms with Crippen molar-refractivity contribution in [2.75, 3.05) is 12.0 Å². The second kappa shape index (κ2) is 8.91. The molecule has 0 aromatic heterocycles. The van der Waals surface area contributed by atoms with E-state index in [0.717, 1.165) is 6.26 Å². The first-order chi connectivity index (χ1) is 13.5. The van der Waals surface area contributed by atoms with E-state index in [0.29, 0.717) is 12.8 Å². The number of carbonyl (C=O) groups is 2. The first-order valence-electron chi connectivity index (χ1n) is 8.88. The number of amides is 2. The van der Waals surface area contributed by atoms with E-state index in [2.05, 4.69) is 0 Å². The van der Waals surface area contributed by atoms with E-state index < -0.39 is 37.3 Å². The van der Waals surface area contributed by atoms with Gasteiger partial charge in [-0.1, -0.05) is 55.8 Å². The first-order valence-corrected chi connectivity index (χ1v) is 12.4. The molecule has 2 N–H and O–H groups in total. The van der Waals surface area contributed by atoms with Crippen LogP contribution in [-0.2, 0) is 30.3 Å². The number of unbranched alkanes of at least 4 members (excludes halogenated alkanes) is 1. The molecule has 0 saturated carbocycles. The number of hydrogen-bond acceptors (Lipinski definition) is 6. The van der Waals surface area contributed by atoms with E-state index in [1.54, 1.807) is 24.6 Å². The smallest absolute Gasteiger partial charge is 0.265 e. The number of allylic oxidation sites excluding steroid dienone is 2. The minimum absolute atomic E-state index is 0.0487. The van der Waals surface area contributed by atoms with Crippen LogP contribution in [0.4, 0.5) is 0 Å². The maximum absolute atomic E-state index is 12.9. The van der Waals surface area contributed by atoms with Crippen LogP contribution in [0.15, 0.2) is 48.6 Å². The quantitative estimate of drug-likeness (QED) is 0.627. The average molecular weight is 440 g/mol. The minimum Gasteiger partial charge on any atom is -0.272 e. The van der Waals surface area contributed by atoms with Crippen molar-refractivity contribution in [1.82, 2.24) is 9.44 Å². The van der Waals surface area contributed by atoms with Crippen LogP contribution in [-0.4, -0.2) is 40.7 Å². The lowest BCUT2D eigenvalue weighted by molar-refractivity contribution is -0.121. The molecule has 2 rings (SSSR count). The van der Waals surface area contributed by atoms with Gasteiger partial charge in [0.25, 0.3) is 11.8 Å². The molecular formula is C19H23N2O6S2. The van der Waals surface area contributed by atoms with Gasteiger partial charge in [-0.3, -0.25) is 14.3 Å². The van der Waals surface area contributed by atoms with Gasteiger partial charge in [-0.2, -0.15) is 0 Å². The zero-order valence-electron chi connectivity index (χ0n) is 16.1. The number of nitrogens with one attached hydrogen (secondary N) is 2. The lowest BCUT2D eigenvalue weighted by Crippen LogP contribution is -2.46. The molecule has 0 bridgehead atoms. The van der Waals surface area contributed by atoms with Crippen LogP contribution in [0.5, 0.6) is 0 Å². The van der Waals surface area contributed by atoms with Crippen LogP contribution in [0, 0.1) is 6.42 Å². The van der Waals surface area contributed by atoms with Crippen LogP contribution < -0.4 is 9.44 Å². The molecule has 8 nitrogen and oxygen atoms in total. The van der Waals surface area contributed by atoms with Gasteiger partial charge < -0.3 is 0 Å². The second-order valence-electron chi connectivity index (χ2n) is 6.63. The van der Waals surface area contributed by atoms with E-state index >= 15 is 0 Å². The van der Waals surface area contributed by atoms with E-state index in [1.165, 1.54) is 30.4 Å². The lowest BCUT2D eigenvalue weighted by Gasteiger charge is -2.29. The van der Waals surface area contributed by atoms with Gasteiger partial charge in [-0.05, 0) is 18.1 Å². The summed E-state index contributed by atoms with van der Waals surface area (Å²) >= 11 is 0. The van der Waals surface area contributed by atoms with Gasteiger partial charge in [-0.15, -0.1) is 0 Å². The van der Waals surface area contributed by atoms with Gasteiger partial charge in [0.05, 0.1) is 12.0 Å². The third-order valence-corrected chi connectivity index (χ3v) is 6.11. The third-order valence-electron chi connectivity index (χ3n) is 4.23. The van der Waals surface area contributed by atoms with Gasteiger partial charge >= 0.3 is 0 Å². The highest BCUT2D eigenvalue weighted by Crippen LogP contribution is 2.33. The van der Waals surface area contributed by atoms with Crippen LogP contribution in [0.2, 0.25) is 0 Å². The standard InChI is InChI=1S/C19H23N2O6S2/c1-3-4-14-29(26,27)20-17(22)15-10-6-7-11-16(15)19(12-8-5-9-13-19)18(23)21-28(2,24)25/h5-13H,3-4,14H2,1-2H3,(H,20,22)(H,21,23). The molecule has 1 aromatic rings. The maximum atomic E-state index is 12.9. The summed E-state index contributed by atoms with van der Waals surface area (Å²) in [5.74, 6) is -1.97. The largest absolute Gasteiger partial charge is 0.272 e. The Hall–Kier alpha value is -2.46. The molecule has 0 heterocycles. The molecule has 0 fully saturated rings. The van der Waals surface area contributed by atoms with Crippen molar-refractivity contribution in [3.63, 3.8) is 0 Å². The van der Waals surface area contributed by atoms with Gasteiger partial charge in [0, 0.05) is 12.0 Å².